The van der Waals surface area contributed by atoms with Gasteiger partial charge in [0.1, 0.15) is 17.1 Å². The molecule has 3 rings (SSSR count). The van der Waals surface area contributed by atoms with Crippen molar-refractivity contribution in [2.24, 2.45) is 10.2 Å². The zero-order chi connectivity index (χ0) is 18.8. The molecular weight excluding hydrogens is 334 g/mol. The first-order valence-corrected chi connectivity index (χ1v) is 7.75. The zero-order valence-electron chi connectivity index (χ0n) is 14.2. The molecule has 0 aliphatic carbocycles. The van der Waals surface area contributed by atoms with Crippen LogP contribution in [0.15, 0.2) is 58.8 Å². The molecule has 0 fully saturated rings. The number of nitrogens with zero attached hydrogens (tertiary/aromatic N) is 4. The van der Waals surface area contributed by atoms with Gasteiger partial charge in [-0.1, -0.05) is 12.1 Å². The van der Waals surface area contributed by atoms with Gasteiger partial charge in [0.05, 0.1) is 10.6 Å². The number of nitrogen functional groups attached to an aromatic ring is 1. The lowest BCUT2D eigenvalue weighted by Gasteiger charge is -2.14. The van der Waals surface area contributed by atoms with E-state index in [1.807, 2.05) is 37.2 Å². The molecule has 0 aromatic heterocycles. The van der Waals surface area contributed by atoms with Gasteiger partial charge in [-0.3, -0.25) is 10.1 Å². The van der Waals surface area contributed by atoms with E-state index in [0.717, 1.165) is 16.5 Å². The van der Waals surface area contributed by atoms with Crippen LogP contribution in [-0.4, -0.2) is 24.1 Å². The standard InChI is InChI=1S/C18H17N5O3/c1-22(2)13-6-3-11-4-8-17(24)18(14(11)10-13)21-20-12-5-7-15(19)16(9-12)23(25)26/h3-10,24H,19H2,1-2H3. The van der Waals surface area contributed by atoms with Gasteiger partial charge in [0.15, 0.2) is 0 Å². The van der Waals surface area contributed by atoms with Crippen LogP contribution in [0, 0.1) is 10.1 Å². The molecule has 0 saturated carbocycles. The average Bonchev–Trinajstić information content (AvgIpc) is 2.61. The molecule has 3 N–H and O–H groups in total. The quantitative estimate of drug-likeness (QED) is 0.310. The number of hydrogen-bond acceptors (Lipinski definition) is 7. The lowest BCUT2D eigenvalue weighted by Crippen LogP contribution is -2.07. The summed E-state index contributed by atoms with van der Waals surface area (Å²) in [5, 5.41) is 31.0. The first kappa shape index (κ1) is 17.2. The van der Waals surface area contributed by atoms with E-state index in [1.165, 1.54) is 24.3 Å². The first-order chi connectivity index (χ1) is 12.4. The molecule has 3 aromatic carbocycles. The van der Waals surface area contributed by atoms with E-state index in [1.54, 1.807) is 6.07 Å². The van der Waals surface area contributed by atoms with Crippen molar-refractivity contribution in [3.05, 3.63) is 58.6 Å². The molecule has 26 heavy (non-hydrogen) atoms. The summed E-state index contributed by atoms with van der Waals surface area (Å²) < 4.78 is 0. The highest BCUT2D eigenvalue weighted by molar-refractivity contribution is 5.97. The van der Waals surface area contributed by atoms with Crippen LogP contribution in [0.1, 0.15) is 0 Å². The van der Waals surface area contributed by atoms with E-state index in [-0.39, 0.29) is 22.8 Å². The number of fused-ring (bicyclic) bond motifs is 1. The van der Waals surface area contributed by atoms with Gasteiger partial charge in [0.2, 0.25) is 0 Å². The SMILES string of the molecule is CN(C)c1ccc2ccc(O)c(N=Nc3ccc(N)c([N+](=O)[O-])c3)c2c1. The van der Waals surface area contributed by atoms with Gasteiger partial charge in [-0.05, 0) is 35.7 Å². The topological polar surface area (TPSA) is 117 Å². The molecule has 0 bridgehead atoms. The fourth-order valence-corrected chi connectivity index (χ4v) is 2.52. The molecule has 0 heterocycles. The monoisotopic (exact) mass is 351 g/mol. The van der Waals surface area contributed by atoms with Gasteiger partial charge in [-0.25, -0.2) is 0 Å². The van der Waals surface area contributed by atoms with E-state index in [2.05, 4.69) is 10.2 Å². The van der Waals surface area contributed by atoms with Gasteiger partial charge >= 0.3 is 0 Å². The zero-order valence-corrected chi connectivity index (χ0v) is 14.2. The normalized spacial score (nSPS) is 11.2. The molecule has 0 aliphatic rings. The van der Waals surface area contributed by atoms with Crippen molar-refractivity contribution < 1.29 is 10.0 Å². The van der Waals surface area contributed by atoms with E-state index in [0.29, 0.717) is 5.69 Å². The lowest BCUT2D eigenvalue weighted by molar-refractivity contribution is -0.383. The Hall–Kier alpha value is -3.68. The number of phenolic OH excluding ortho intramolecular Hbond substituents is 1. The summed E-state index contributed by atoms with van der Waals surface area (Å²) in [6.45, 7) is 0. The van der Waals surface area contributed by atoms with Gasteiger partial charge < -0.3 is 15.7 Å². The summed E-state index contributed by atoms with van der Waals surface area (Å²) in [7, 11) is 3.83. The number of anilines is 2. The molecule has 132 valence electrons. The van der Waals surface area contributed by atoms with Gasteiger partial charge in [-0.15, -0.1) is 5.11 Å². The maximum Gasteiger partial charge on any atom is 0.294 e. The van der Waals surface area contributed by atoms with Crippen molar-refractivity contribution in [1.29, 1.82) is 0 Å². The molecule has 0 saturated heterocycles. The second-order valence-electron chi connectivity index (χ2n) is 5.93. The van der Waals surface area contributed by atoms with Crippen LogP contribution in [0.4, 0.5) is 28.4 Å². The van der Waals surface area contributed by atoms with Crippen LogP contribution in [0.3, 0.4) is 0 Å². The maximum atomic E-state index is 11.0. The van der Waals surface area contributed by atoms with Crippen LogP contribution in [0.2, 0.25) is 0 Å². The molecule has 0 amide bonds. The number of nitrogens with two attached hydrogens (primary N) is 1. The van der Waals surface area contributed by atoms with E-state index in [9.17, 15) is 15.2 Å². The fraction of sp³-hybridized carbons (Fsp3) is 0.111. The second-order valence-corrected chi connectivity index (χ2v) is 5.93. The molecule has 0 radical (unpaired) electrons. The number of nitro benzene ring substituents is 1. The van der Waals surface area contributed by atoms with E-state index >= 15 is 0 Å². The molecular formula is C18H17N5O3. The number of nitro groups is 1. The largest absolute Gasteiger partial charge is 0.506 e. The fourth-order valence-electron chi connectivity index (χ4n) is 2.52. The third-order valence-electron chi connectivity index (χ3n) is 3.95. The predicted molar refractivity (Wildman–Crippen MR) is 102 cm³/mol. The number of benzene rings is 3. The number of hydrogen-bond donors (Lipinski definition) is 2. The van der Waals surface area contributed by atoms with E-state index in [4.69, 9.17) is 5.73 Å². The molecule has 8 heteroatoms. The Morgan fingerprint density at radius 1 is 1.08 bits per heavy atom. The number of phenols is 1. The molecule has 0 spiro atoms. The number of aromatic hydroxyl groups is 1. The van der Waals surface area contributed by atoms with Crippen LogP contribution < -0.4 is 10.6 Å². The highest BCUT2D eigenvalue weighted by atomic mass is 16.6. The van der Waals surface area contributed by atoms with Crippen molar-refractivity contribution in [3.63, 3.8) is 0 Å². The Kier molecular flexibility index (Phi) is 4.40. The highest BCUT2D eigenvalue weighted by Gasteiger charge is 2.12. The minimum absolute atomic E-state index is 0.0258. The third kappa shape index (κ3) is 3.25. The Bertz CT molecular complexity index is 1030. The van der Waals surface area contributed by atoms with Gasteiger partial charge in [0, 0.05) is 31.2 Å². The maximum absolute atomic E-state index is 11.0. The molecule has 0 atom stereocenters. The Labute approximate surface area is 149 Å². The molecule has 3 aromatic rings. The first-order valence-electron chi connectivity index (χ1n) is 7.75. The number of rotatable bonds is 4. The summed E-state index contributed by atoms with van der Waals surface area (Å²) in [4.78, 5) is 12.3. The van der Waals surface area contributed by atoms with E-state index < -0.39 is 4.92 Å². The predicted octanol–water partition coefficient (Wildman–Crippen LogP) is 4.52. The van der Waals surface area contributed by atoms with Gasteiger partial charge in [-0.2, -0.15) is 5.11 Å². The molecule has 0 aliphatic heterocycles. The Morgan fingerprint density at radius 3 is 2.50 bits per heavy atom. The van der Waals surface area contributed by atoms with Crippen LogP contribution in [-0.2, 0) is 0 Å². The van der Waals surface area contributed by atoms with Crippen LogP contribution >= 0.6 is 0 Å². The lowest BCUT2D eigenvalue weighted by atomic mass is 10.1. The Balaban J connectivity index is 2.09. The minimum Gasteiger partial charge on any atom is -0.506 e. The third-order valence-corrected chi connectivity index (χ3v) is 3.95. The van der Waals surface area contributed by atoms with Crippen molar-refractivity contribution in [1.82, 2.24) is 0 Å². The highest BCUT2D eigenvalue weighted by Crippen LogP contribution is 2.38. The van der Waals surface area contributed by atoms with Crippen molar-refractivity contribution in [2.75, 3.05) is 24.7 Å². The summed E-state index contributed by atoms with van der Waals surface area (Å²) in [5.74, 6) is -0.0258. The summed E-state index contributed by atoms with van der Waals surface area (Å²) >= 11 is 0. The Morgan fingerprint density at radius 2 is 1.81 bits per heavy atom. The van der Waals surface area contributed by atoms with Gasteiger partial charge in [0.25, 0.3) is 5.69 Å². The van der Waals surface area contributed by atoms with Crippen molar-refractivity contribution in [2.45, 2.75) is 0 Å². The summed E-state index contributed by atoms with van der Waals surface area (Å²) in [6, 6.07) is 13.3. The van der Waals surface area contributed by atoms with Crippen molar-refractivity contribution >= 4 is 39.2 Å². The molecule has 8 nitrogen and oxygen atoms in total. The second kappa shape index (κ2) is 6.67. The number of azo groups is 1. The van der Waals surface area contributed by atoms with Crippen molar-refractivity contribution in [3.8, 4) is 5.75 Å². The average molecular weight is 351 g/mol. The van der Waals surface area contributed by atoms with Crippen LogP contribution in [0.5, 0.6) is 5.75 Å². The van der Waals surface area contributed by atoms with Crippen LogP contribution in [0.25, 0.3) is 10.8 Å². The smallest absolute Gasteiger partial charge is 0.294 e. The summed E-state index contributed by atoms with van der Waals surface area (Å²) in [6.07, 6.45) is 0. The molecule has 0 unspecified atom stereocenters. The summed E-state index contributed by atoms with van der Waals surface area (Å²) in [5.41, 5.74) is 6.91. The minimum atomic E-state index is -0.576.